The van der Waals surface area contributed by atoms with Crippen LogP contribution in [0.4, 0.5) is 5.82 Å². The summed E-state index contributed by atoms with van der Waals surface area (Å²) >= 11 is 3.59. The van der Waals surface area contributed by atoms with E-state index in [4.69, 9.17) is 0 Å². The topological polar surface area (TPSA) is 28.2 Å². The van der Waals surface area contributed by atoms with Gasteiger partial charge in [0, 0.05) is 36.8 Å². The number of rotatable bonds is 6. The first kappa shape index (κ1) is 14.5. The maximum absolute atomic E-state index is 4.57. The van der Waals surface area contributed by atoms with E-state index in [-0.39, 0.29) is 0 Å². The van der Waals surface area contributed by atoms with Crippen molar-refractivity contribution >= 4 is 21.7 Å². The van der Waals surface area contributed by atoms with Crippen molar-refractivity contribution in [3.63, 3.8) is 0 Å². The second-order valence-electron chi connectivity index (χ2n) is 5.63. The highest BCUT2D eigenvalue weighted by molar-refractivity contribution is 9.10. The first-order valence-electron chi connectivity index (χ1n) is 7.35. The molecule has 1 aromatic carbocycles. The summed E-state index contributed by atoms with van der Waals surface area (Å²) in [5, 5.41) is 3.51. The van der Waals surface area contributed by atoms with Gasteiger partial charge in [-0.25, -0.2) is 4.98 Å². The molecule has 1 saturated carbocycles. The zero-order valence-electron chi connectivity index (χ0n) is 12.2. The molecule has 1 aliphatic rings. The number of anilines is 1. The fourth-order valence-electron chi connectivity index (χ4n) is 2.26. The minimum Gasteiger partial charge on any atom is -0.355 e. The van der Waals surface area contributed by atoms with Gasteiger partial charge in [-0.1, -0.05) is 40.2 Å². The molecule has 1 heterocycles. The molecule has 1 N–H and O–H groups in total. The van der Waals surface area contributed by atoms with Gasteiger partial charge in [-0.3, -0.25) is 0 Å². The maximum Gasteiger partial charge on any atom is 0.128 e. The highest BCUT2D eigenvalue weighted by atomic mass is 79.9. The molecule has 0 saturated heterocycles. The van der Waals surface area contributed by atoms with Gasteiger partial charge in [-0.2, -0.15) is 0 Å². The standard InChI is InChI=1S/C17H20BrN3/c1-21(12-14-4-2-3-5-16(14)18)17-9-6-13(11-20-17)10-19-15-7-8-15/h2-6,9,11,15,19H,7-8,10,12H2,1H3. The van der Waals surface area contributed by atoms with Gasteiger partial charge in [-0.05, 0) is 36.1 Å². The summed E-state index contributed by atoms with van der Waals surface area (Å²) in [6.45, 7) is 1.76. The molecule has 21 heavy (non-hydrogen) atoms. The van der Waals surface area contributed by atoms with Crippen LogP contribution in [0.25, 0.3) is 0 Å². The highest BCUT2D eigenvalue weighted by Crippen LogP contribution is 2.21. The Bertz CT molecular complexity index is 593. The van der Waals surface area contributed by atoms with Crippen molar-refractivity contribution in [2.45, 2.75) is 32.0 Å². The lowest BCUT2D eigenvalue weighted by molar-refractivity contribution is 0.685. The van der Waals surface area contributed by atoms with Crippen LogP contribution in [0.15, 0.2) is 47.1 Å². The molecule has 1 aromatic heterocycles. The van der Waals surface area contributed by atoms with E-state index in [0.29, 0.717) is 0 Å². The summed E-state index contributed by atoms with van der Waals surface area (Å²) < 4.78 is 1.14. The second-order valence-corrected chi connectivity index (χ2v) is 6.48. The molecule has 1 fully saturated rings. The first-order valence-corrected chi connectivity index (χ1v) is 8.14. The molecule has 0 atom stereocenters. The van der Waals surface area contributed by atoms with E-state index in [1.54, 1.807) is 0 Å². The van der Waals surface area contributed by atoms with Gasteiger partial charge in [0.1, 0.15) is 5.82 Å². The van der Waals surface area contributed by atoms with Crippen LogP contribution in [-0.2, 0) is 13.1 Å². The van der Waals surface area contributed by atoms with Crippen molar-refractivity contribution < 1.29 is 0 Å². The van der Waals surface area contributed by atoms with E-state index >= 15 is 0 Å². The van der Waals surface area contributed by atoms with Gasteiger partial charge in [0.05, 0.1) is 0 Å². The molecule has 0 bridgehead atoms. The van der Waals surface area contributed by atoms with Gasteiger partial charge in [0.15, 0.2) is 0 Å². The summed E-state index contributed by atoms with van der Waals surface area (Å²) in [6, 6.07) is 13.3. The molecular weight excluding hydrogens is 326 g/mol. The number of pyridine rings is 1. The lowest BCUT2D eigenvalue weighted by atomic mass is 10.2. The number of nitrogens with zero attached hydrogens (tertiary/aromatic N) is 2. The Balaban J connectivity index is 1.61. The summed E-state index contributed by atoms with van der Waals surface area (Å²) in [6.07, 6.45) is 4.61. The van der Waals surface area contributed by atoms with Gasteiger partial charge >= 0.3 is 0 Å². The minimum atomic E-state index is 0.739. The van der Waals surface area contributed by atoms with Crippen molar-refractivity contribution in [3.05, 3.63) is 58.2 Å². The van der Waals surface area contributed by atoms with Crippen molar-refractivity contribution in [1.29, 1.82) is 0 Å². The monoisotopic (exact) mass is 345 g/mol. The van der Waals surface area contributed by atoms with Crippen molar-refractivity contribution in [3.8, 4) is 0 Å². The van der Waals surface area contributed by atoms with Gasteiger partial charge in [0.2, 0.25) is 0 Å². The van der Waals surface area contributed by atoms with Gasteiger partial charge in [0.25, 0.3) is 0 Å². The molecule has 0 radical (unpaired) electrons. The van der Waals surface area contributed by atoms with Gasteiger partial charge < -0.3 is 10.2 Å². The molecule has 3 rings (SSSR count). The molecule has 3 nitrogen and oxygen atoms in total. The van der Waals surface area contributed by atoms with Crippen LogP contribution < -0.4 is 10.2 Å². The Morgan fingerprint density at radius 1 is 1.24 bits per heavy atom. The zero-order chi connectivity index (χ0) is 14.7. The molecule has 0 aliphatic heterocycles. The van der Waals surface area contributed by atoms with E-state index in [1.165, 1.54) is 24.0 Å². The fraction of sp³-hybridized carbons (Fsp3) is 0.353. The van der Waals surface area contributed by atoms with Crippen molar-refractivity contribution in [2.75, 3.05) is 11.9 Å². The van der Waals surface area contributed by atoms with E-state index in [1.807, 2.05) is 12.3 Å². The largest absolute Gasteiger partial charge is 0.355 e. The second kappa shape index (κ2) is 6.58. The third kappa shape index (κ3) is 4.05. The minimum absolute atomic E-state index is 0.739. The van der Waals surface area contributed by atoms with Crippen LogP contribution in [0.5, 0.6) is 0 Å². The average Bonchev–Trinajstić information content (AvgIpc) is 3.32. The van der Waals surface area contributed by atoms with E-state index in [9.17, 15) is 0 Å². The number of halogens is 1. The zero-order valence-corrected chi connectivity index (χ0v) is 13.8. The number of hydrogen-bond acceptors (Lipinski definition) is 3. The predicted molar refractivity (Wildman–Crippen MR) is 90.3 cm³/mol. The van der Waals surface area contributed by atoms with E-state index < -0.39 is 0 Å². The Morgan fingerprint density at radius 2 is 2.05 bits per heavy atom. The number of benzene rings is 1. The molecule has 0 spiro atoms. The predicted octanol–water partition coefficient (Wildman–Crippen LogP) is 3.73. The molecule has 2 aromatic rings. The van der Waals surface area contributed by atoms with Crippen LogP contribution in [0.2, 0.25) is 0 Å². The lowest BCUT2D eigenvalue weighted by Gasteiger charge is -2.19. The summed E-state index contributed by atoms with van der Waals surface area (Å²) in [7, 11) is 2.07. The summed E-state index contributed by atoms with van der Waals surface area (Å²) in [5.74, 6) is 1.00. The Hall–Kier alpha value is -1.39. The third-order valence-corrected chi connectivity index (χ3v) is 4.51. The summed E-state index contributed by atoms with van der Waals surface area (Å²) in [5.41, 5.74) is 2.52. The maximum atomic E-state index is 4.57. The fourth-order valence-corrected chi connectivity index (χ4v) is 2.67. The molecular formula is C17H20BrN3. The van der Waals surface area contributed by atoms with E-state index in [0.717, 1.165) is 29.4 Å². The summed E-state index contributed by atoms with van der Waals surface area (Å²) in [4.78, 5) is 6.74. The average molecular weight is 346 g/mol. The number of hydrogen-bond donors (Lipinski definition) is 1. The first-order chi connectivity index (χ1) is 10.2. The highest BCUT2D eigenvalue weighted by Gasteiger charge is 2.19. The van der Waals surface area contributed by atoms with Crippen LogP contribution in [0.3, 0.4) is 0 Å². The third-order valence-electron chi connectivity index (χ3n) is 3.74. The SMILES string of the molecule is CN(Cc1ccccc1Br)c1ccc(CNC2CC2)cn1. The van der Waals surface area contributed by atoms with Crippen molar-refractivity contribution in [1.82, 2.24) is 10.3 Å². The van der Waals surface area contributed by atoms with Crippen LogP contribution in [-0.4, -0.2) is 18.1 Å². The van der Waals surface area contributed by atoms with Crippen LogP contribution in [0, 0.1) is 0 Å². The van der Waals surface area contributed by atoms with E-state index in [2.05, 4.69) is 68.5 Å². The molecule has 0 unspecified atom stereocenters. The Kier molecular flexibility index (Phi) is 4.56. The van der Waals surface area contributed by atoms with Crippen LogP contribution >= 0.6 is 15.9 Å². The quantitative estimate of drug-likeness (QED) is 0.864. The lowest BCUT2D eigenvalue weighted by Crippen LogP contribution is -2.19. The number of nitrogens with one attached hydrogen (secondary N) is 1. The Labute approximate surface area is 134 Å². The van der Waals surface area contributed by atoms with Crippen LogP contribution in [0.1, 0.15) is 24.0 Å². The normalized spacial score (nSPS) is 14.2. The number of aromatic nitrogens is 1. The molecule has 1 aliphatic carbocycles. The smallest absolute Gasteiger partial charge is 0.128 e. The van der Waals surface area contributed by atoms with Crippen molar-refractivity contribution in [2.24, 2.45) is 0 Å². The molecule has 4 heteroatoms. The Morgan fingerprint density at radius 3 is 2.71 bits per heavy atom. The molecule has 0 amide bonds. The van der Waals surface area contributed by atoms with Gasteiger partial charge in [-0.15, -0.1) is 0 Å². The molecule has 110 valence electrons.